The molecule has 0 aromatic heterocycles. The standard InChI is InChI=1S/C19H24Cl2N2O2/c1-5-23(6-2)18(25)12-7-9-13(10-8-12)22-17(24)16-14(11-15(20)21)19(16,3)4/h7-11,14,16H,5-6H2,1-4H3,(H,22,24). The molecule has 6 heteroatoms. The number of amides is 2. The lowest BCUT2D eigenvalue weighted by Gasteiger charge is -2.18. The van der Waals surface area contributed by atoms with Gasteiger partial charge in [-0.3, -0.25) is 9.59 Å². The summed E-state index contributed by atoms with van der Waals surface area (Å²) >= 11 is 11.5. The number of carbonyl (C=O) groups is 2. The highest BCUT2D eigenvalue weighted by Gasteiger charge is 2.60. The maximum Gasteiger partial charge on any atom is 0.253 e. The van der Waals surface area contributed by atoms with E-state index in [0.717, 1.165) is 0 Å². The van der Waals surface area contributed by atoms with Crippen LogP contribution in [0.15, 0.2) is 34.8 Å². The molecule has 1 saturated carbocycles. The maximum absolute atomic E-state index is 12.5. The van der Waals surface area contributed by atoms with E-state index in [4.69, 9.17) is 23.2 Å². The predicted octanol–water partition coefficient (Wildman–Crippen LogP) is 4.70. The van der Waals surface area contributed by atoms with E-state index in [1.807, 2.05) is 27.7 Å². The average molecular weight is 383 g/mol. The number of allylic oxidation sites excluding steroid dienone is 1. The van der Waals surface area contributed by atoms with Gasteiger partial charge in [-0.05, 0) is 55.5 Å². The van der Waals surface area contributed by atoms with Gasteiger partial charge in [0, 0.05) is 24.3 Å². The second kappa shape index (κ2) is 7.79. The minimum Gasteiger partial charge on any atom is -0.339 e. The third kappa shape index (κ3) is 4.36. The fraction of sp³-hybridized carbons (Fsp3) is 0.474. The van der Waals surface area contributed by atoms with Gasteiger partial charge in [0.15, 0.2) is 0 Å². The number of anilines is 1. The van der Waals surface area contributed by atoms with E-state index in [0.29, 0.717) is 24.3 Å². The van der Waals surface area contributed by atoms with Crippen molar-refractivity contribution in [2.45, 2.75) is 27.7 Å². The van der Waals surface area contributed by atoms with Crippen LogP contribution in [0.1, 0.15) is 38.1 Å². The van der Waals surface area contributed by atoms with Gasteiger partial charge in [-0.25, -0.2) is 0 Å². The second-order valence-electron chi connectivity index (χ2n) is 6.83. The van der Waals surface area contributed by atoms with Crippen molar-refractivity contribution in [2.24, 2.45) is 17.3 Å². The molecule has 1 aliphatic rings. The first-order chi connectivity index (χ1) is 11.7. The van der Waals surface area contributed by atoms with E-state index in [1.165, 1.54) is 0 Å². The fourth-order valence-electron chi connectivity index (χ4n) is 3.23. The van der Waals surface area contributed by atoms with Crippen molar-refractivity contribution < 1.29 is 9.59 Å². The molecular weight excluding hydrogens is 359 g/mol. The van der Waals surface area contributed by atoms with Crippen molar-refractivity contribution in [3.05, 3.63) is 40.4 Å². The number of carbonyl (C=O) groups excluding carboxylic acids is 2. The number of nitrogens with zero attached hydrogens (tertiary/aromatic N) is 1. The monoisotopic (exact) mass is 382 g/mol. The lowest BCUT2D eigenvalue weighted by Crippen LogP contribution is -2.30. The molecule has 0 saturated heterocycles. The number of hydrogen-bond acceptors (Lipinski definition) is 2. The van der Waals surface area contributed by atoms with Gasteiger partial charge in [-0.1, -0.05) is 37.0 Å². The Kier molecular flexibility index (Phi) is 6.17. The van der Waals surface area contributed by atoms with Crippen LogP contribution in [0.2, 0.25) is 0 Å². The summed E-state index contributed by atoms with van der Waals surface area (Å²) in [4.78, 5) is 26.6. The van der Waals surface area contributed by atoms with Crippen LogP contribution in [0, 0.1) is 17.3 Å². The lowest BCUT2D eigenvalue weighted by molar-refractivity contribution is -0.118. The van der Waals surface area contributed by atoms with E-state index < -0.39 is 0 Å². The van der Waals surface area contributed by atoms with Crippen LogP contribution in [-0.4, -0.2) is 29.8 Å². The molecule has 1 aliphatic carbocycles. The Labute approximate surface area is 159 Å². The zero-order valence-corrected chi connectivity index (χ0v) is 16.5. The molecule has 0 aliphatic heterocycles. The summed E-state index contributed by atoms with van der Waals surface area (Å²) in [6.07, 6.45) is 1.72. The van der Waals surface area contributed by atoms with Crippen molar-refractivity contribution in [2.75, 3.05) is 18.4 Å². The third-order valence-electron chi connectivity index (χ3n) is 4.95. The molecule has 136 valence electrons. The molecular formula is C19H24Cl2N2O2. The van der Waals surface area contributed by atoms with Gasteiger partial charge in [0.2, 0.25) is 5.91 Å². The topological polar surface area (TPSA) is 49.4 Å². The molecule has 1 aromatic rings. The molecule has 1 N–H and O–H groups in total. The predicted molar refractivity (Wildman–Crippen MR) is 103 cm³/mol. The Morgan fingerprint density at radius 1 is 1.16 bits per heavy atom. The highest BCUT2D eigenvalue weighted by atomic mass is 35.5. The van der Waals surface area contributed by atoms with E-state index in [-0.39, 0.29) is 33.6 Å². The zero-order chi connectivity index (χ0) is 18.8. The first kappa shape index (κ1) is 19.8. The van der Waals surface area contributed by atoms with Crippen molar-refractivity contribution >= 4 is 40.7 Å². The van der Waals surface area contributed by atoms with Crippen molar-refractivity contribution in [3.8, 4) is 0 Å². The SMILES string of the molecule is CCN(CC)C(=O)c1ccc(NC(=O)C2C(C=C(Cl)Cl)C2(C)C)cc1. The second-order valence-corrected chi connectivity index (χ2v) is 7.83. The van der Waals surface area contributed by atoms with Crippen molar-refractivity contribution in [3.63, 3.8) is 0 Å². The third-order valence-corrected chi connectivity index (χ3v) is 5.20. The number of hydrogen-bond donors (Lipinski definition) is 1. The Balaban J connectivity index is 2.03. The van der Waals surface area contributed by atoms with Gasteiger partial charge >= 0.3 is 0 Å². The molecule has 2 rings (SSSR count). The van der Waals surface area contributed by atoms with Crippen LogP contribution < -0.4 is 5.32 Å². The van der Waals surface area contributed by atoms with Crippen LogP contribution in [0.25, 0.3) is 0 Å². The Morgan fingerprint density at radius 3 is 2.20 bits per heavy atom. The van der Waals surface area contributed by atoms with E-state index in [2.05, 4.69) is 5.32 Å². The van der Waals surface area contributed by atoms with Crippen LogP contribution in [0.5, 0.6) is 0 Å². The molecule has 1 aromatic carbocycles. The molecule has 1 fully saturated rings. The minimum atomic E-state index is -0.169. The Morgan fingerprint density at radius 2 is 1.72 bits per heavy atom. The molecule has 0 bridgehead atoms. The van der Waals surface area contributed by atoms with Gasteiger partial charge in [-0.2, -0.15) is 0 Å². The first-order valence-corrected chi connectivity index (χ1v) is 9.21. The average Bonchev–Trinajstić information content (AvgIpc) is 3.08. The van der Waals surface area contributed by atoms with Crippen LogP contribution >= 0.6 is 23.2 Å². The molecule has 0 heterocycles. The summed E-state index contributed by atoms with van der Waals surface area (Å²) in [5.41, 5.74) is 1.12. The van der Waals surface area contributed by atoms with Crippen LogP contribution in [0.4, 0.5) is 5.69 Å². The van der Waals surface area contributed by atoms with Gasteiger partial charge < -0.3 is 10.2 Å². The summed E-state index contributed by atoms with van der Waals surface area (Å²) in [5.74, 6) is -0.213. The van der Waals surface area contributed by atoms with E-state index >= 15 is 0 Å². The van der Waals surface area contributed by atoms with E-state index in [1.54, 1.807) is 35.2 Å². The molecule has 25 heavy (non-hydrogen) atoms. The highest BCUT2D eigenvalue weighted by Crippen LogP contribution is 2.60. The highest BCUT2D eigenvalue weighted by molar-refractivity contribution is 6.55. The summed E-state index contributed by atoms with van der Waals surface area (Å²) in [7, 11) is 0. The van der Waals surface area contributed by atoms with Gasteiger partial charge in [0.25, 0.3) is 5.91 Å². The fourth-order valence-corrected chi connectivity index (χ4v) is 3.51. The van der Waals surface area contributed by atoms with Crippen molar-refractivity contribution in [1.29, 1.82) is 0 Å². The van der Waals surface area contributed by atoms with Crippen molar-refractivity contribution in [1.82, 2.24) is 4.90 Å². The smallest absolute Gasteiger partial charge is 0.253 e. The van der Waals surface area contributed by atoms with Crippen LogP contribution in [-0.2, 0) is 4.79 Å². The molecule has 0 radical (unpaired) electrons. The molecule has 0 spiro atoms. The normalized spacial score (nSPS) is 20.6. The summed E-state index contributed by atoms with van der Waals surface area (Å²) < 4.78 is 0.188. The summed E-state index contributed by atoms with van der Waals surface area (Å²) in [6, 6.07) is 6.98. The van der Waals surface area contributed by atoms with E-state index in [9.17, 15) is 9.59 Å². The number of nitrogens with one attached hydrogen (secondary N) is 1. The molecule has 2 amide bonds. The number of benzene rings is 1. The summed E-state index contributed by atoms with van der Waals surface area (Å²) in [6.45, 7) is 9.27. The van der Waals surface area contributed by atoms with Gasteiger partial charge in [0.1, 0.15) is 4.49 Å². The minimum absolute atomic E-state index is 0.00633. The molecule has 2 unspecified atom stereocenters. The largest absolute Gasteiger partial charge is 0.339 e. The lowest BCUT2D eigenvalue weighted by atomic mass is 10.1. The maximum atomic E-state index is 12.5. The molecule has 2 atom stereocenters. The van der Waals surface area contributed by atoms with Crippen LogP contribution in [0.3, 0.4) is 0 Å². The first-order valence-electron chi connectivity index (χ1n) is 8.45. The number of rotatable bonds is 6. The number of halogens is 2. The quantitative estimate of drug-likeness (QED) is 0.774. The van der Waals surface area contributed by atoms with Gasteiger partial charge in [0.05, 0.1) is 5.92 Å². The van der Waals surface area contributed by atoms with Gasteiger partial charge in [-0.15, -0.1) is 0 Å². The molecule has 4 nitrogen and oxygen atoms in total. The Hall–Kier alpha value is -1.52. The summed E-state index contributed by atoms with van der Waals surface area (Å²) in [5, 5.41) is 2.91. The zero-order valence-electron chi connectivity index (χ0n) is 15.0. The Bertz CT molecular complexity index is 675.